The Labute approximate surface area is 187 Å². The van der Waals surface area contributed by atoms with E-state index in [0.29, 0.717) is 55.5 Å². The number of hydrogen-bond acceptors (Lipinski definition) is 5. The zero-order valence-corrected chi connectivity index (χ0v) is 18.9. The van der Waals surface area contributed by atoms with Gasteiger partial charge in [-0.15, -0.1) is 0 Å². The van der Waals surface area contributed by atoms with E-state index in [1.54, 1.807) is 6.07 Å². The van der Waals surface area contributed by atoms with E-state index in [2.05, 4.69) is 10.0 Å². The molecule has 3 aliphatic rings. The number of halogens is 1. The Morgan fingerprint density at radius 3 is 2.68 bits per heavy atom. The first-order valence-corrected chi connectivity index (χ1v) is 12.9. The second-order valence-electron chi connectivity index (χ2n) is 8.56. The van der Waals surface area contributed by atoms with Gasteiger partial charge < -0.3 is 9.64 Å². The normalized spacial score (nSPS) is 20.8. The number of benzene rings is 1. The Morgan fingerprint density at radius 2 is 1.97 bits per heavy atom. The van der Waals surface area contributed by atoms with Crippen molar-refractivity contribution in [2.75, 3.05) is 25.4 Å². The molecule has 2 fully saturated rings. The Morgan fingerprint density at radius 1 is 1.16 bits per heavy atom. The number of ether oxygens (including phenoxy) is 1. The van der Waals surface area contributed by atoms with E-state index in [1.807, 2.05) is 6.07 Å². The quantitative estimate of drug-likeness (QED) is 0.383. The minimum absolute atomic E-state index is 0.0303. The Hall–Kier alpha value is -1.84. The van der Waals surface area contributed by atoms with Crippen LogP contribution < -0.4 is 14.8 Å². The molecule has 4 rings (SSSR count). The third-order valence-corrected chi connectivity index (χ3v) is 7.77. The smallest absolute Gasteiger partial charge is 0.324 e. The molecule has 2 aliphatic carbocycles. The fourth-order valence-electron chi connectivity index (χ4n) is 4.12. The van der Waals surface area contributed by atoms with Gasteiger partial charge in [0.15, 0.2) is 0 Å². The fraction of sp³-hybridized carbons (Fsp3) is 0.619. The lowest BCUT2D eigenvalue weighted by molar-refractivity contribution is -0.118. The summed E-state index contributed by atoms with van der Waals surface area (Å²) in [4.78, 5) is 24.1. The summed E-state index contributed by atoms with van der Waals surface area (Å²) in [5, 5.41) is 2.81. The van der Waals surface area contributed by atoms with Crippen LogP contribution in [-0.2, 0) is 21.2 Å². The van der Waals surface area contributed by atoms with Crippen molar-refractivity contribution >= 4 is 33.6 Å². The summed E-state index contributed by atoms with van der Waals surface area (Å²) in [6.45, 7) is 1.20. The van der Waals surface area contributed by atoms with Gasteiger partial charge >= 0.3 is 6.03 Å². The molecule has 0 aromatic heterocycles. The highest BCUT2D eigenvalue weighted by atomic mass is 35.5. The van der Waals surface area contributed by atoms with Crippen LogP contribution in [0.1, 0.15) is 55.7 Å². The molecular weight excluding hydrogens is 442 g/mol. The number of nitrogens with one attached hydrogen (secondary N) is 2. The zero-order chi connectivity index (χ0) is 22.0. The van der Waals surface area contributed by atoms with Gasteiger partial charge in [-0.05, 0) is 56.1 Å². The molecular formula is C21H28ClN3O5S. The van der Waals surface area contributed by atoms with Crippen molar-refractivity contribution < 1.29 is 22.7 Å². The van der Waals surface area contributed by atoms with Crippen LogP contribution in [0.5, 0.6) is 5.75 Å². The van der Waals surface area contributed by atoms with Crippen LogP contribution in [0.3, 0.4) is 0 Å². The third-order valence-electron chi connectivity index (χ3n) is 6.00. The molecule has 0 unspecified atom stereocenters. The van der Waals surface area contributed by atoms with Crippen molar-refractivity contribution in [3.8, 4) is 5.75 Å². The summed E-state index contributed by atoms with van der Waals surface area (Å²) in [7, 11) is -3.44. The van der Waals surface area contributed by atoms with Gasteiger partial charge in [-0.1, -0.05) is 24.1 Å². The number of unbranched alkanes of at least 4 members (excludes halogenated alkanes) is 2. The maximum atomic E-state index is 12.6. The number of carbonyl (C=O) groups is 2. The number of sulfonamides is 1. The molecule has 1 heterocycles. The van der Waals surface area contributed by atoms with Crippen LogP contribution in [0.4, 0.5) is 4.79 Å². The first kappa shape index (κ1) is 22.4. The van der Waals surface area contributed by atoms with E-state index >= 15 is 0 Å². The van der Waals surface area contributed by atoms with Gasteiger partial charge in [0, 0.05) is 18.2 Å². The molecule has 3 amide bonds. The predicted octanol–water partition coefficient (Wildman–Crippen LogP) is 2.76. The third kappa shape index (κ3) is 5.70. The van der Waals surface area contributed by atoms with Crippen molar-refractivity contribution in [2.24, 2.45) is 5.92 Å². The van der Waals surface area contributed by atoms with Gasteiger partial charge in [-0.2, -0.15) is 0 Å². The molecule has 0 bridgehead atoms. The number of fused-ring (bicyclic) bond motifs is 1. The van der Waals surface area contributed by atoms with E-state index in [4.69, 9.17) is 16.3 Å². The number of hydrogen-bond donors (Lipinski definition) is 2. The molecule has 170 valence electrons. The molecule has 0 radical (unpaired) electrons. The maximum Gasteiger partial charge on any atom is 0.324 e. The molecule has 1 aliphatic heterocycles. The first-order valence-electron chi connectivity index (χ1n) is 10.9. The number of amides is 3. The number of rotatable bonds is 11. The molecule has 2 N–H and O–H groups in total. The average Bonchev–Trinajstić information content (AvgIpc) is 3.37. The van der Waals surface area contributed by atoms with Crippen molar-refractivity contribution in [1.82, 2.24) is 14.9 Å². The molecule has 1 aromatic carbocycles. The molecule has 1 saturated heterocycles. The zero-order valence-electron chi connectivity index (χ0n) is 17.4. The van der Waals surface area contributed by atoms with Gasteiger partial charge in [0.1, 0.15) is 12.3 Å². The second kappa shape index (κ2) is 9.34. The summed E-state index contributed by atoms with van der Waals surface area (Å²) in [6, 6.07) is 3.04. The first-order chi connectivity index (χ1) is 14.8. The molecule has 8 nitrogen and oxygen atoms in total. The average molecular weight is 470 g/mol. The minimum atomic E-state index is -3.44. The molecule has 0 spiro atoms. The topological polar surface area (TPSA) is 105 Å². The van der Waals surface area contributed by atoms with E-state index < -0.39 is 10.0 Å². The maximum absolute atomic E-state index is 12.6. The fourth-order valence-corrected chi connectivity index (χ4v) is 5.73. The largest absolute Gasteiger partial charge is 0.491 e. The summed E-state index contributed by atoms with van der Waals surface area (Å²) in [6.07, 6.45) is 5.62. The molecule has 1 atom stereocenters. The van der Waals surface area contributed by atoms with Crippen molar-refractivity contribution in [3.63, 3.8) is 0 Å². The summed E-state index contributed by atoms with van der Waals surface area (Å²) in [5.74, 6) is 1.05. The van der Waals surface area contributed by atoms with Crippen LogP contribution in [0.25, 0.3) is 0 Å². The predicted molar refractivity (Wildman–Crippen MR) is 117 cm³/mol. The summed E-state index contributed by atoms with van der Waals surface area (Å²) >= 11 is 6.34. The summed E-state index contributed by atoms with van der Waals surface area (Å²) in [5.41, 5.74) is 1.96. The SMILES string of the molecule is O=C1CN(CCCCCS(=O)(=O)N[C@@H]2CCc3c2ccc(Cl)c3OCC2CC2)C(=O)N1. The van der Waals surface area contributed by atoms with E-state index in [-0.39, 0.29) is 30.3 Å². The highest BCUT2D eigenvalue weighted by molar-refractivity contribution is 7.89. The van der Waals surface area contributed by atoms with E-state index in [1.165, 1.54) is 17.7 Å². The summed E-state index contributed by atoms with van der Waals surface area (Å²) < 4.78 is 34.0. The Kier molecular flexibility index (Phi) is 6.74. The van der Waals surface area contributed by atoms with E-state index in [0.717, 1.165) is 17.5 Å². The molecule has 31 heavy (non-hydrogen) atoms. The highest BCUT2D eigenvalue weighted by Crippen LogP contribution is 2.42. The van der Waals surface area contributed by atoms with Crippen LogP contribution in [0, 0.1) is 5.92 Å². The van der Waals surface area contributed by atoms with E-state index in [9.17, 15) is 18.0 Å². The lowest BCUT2D eigenvalue weighted by atomic mass is 10.1. The van der Waals surface area contributed by atoms with Crippen molar-refractivity contribution in [1.29, 1.82) is 0 Å². The van der Waals surface area contributed by atoms with Gasteiger partial charge in [0.2, 0.25) is 15.9 Å². The van der Waals surface area contributed by atoms with Crippen LogP contribution in [-0.4, -0.2) is 50.7 Å². The van der Waals surface area contributed by atoms with Gasteiger partial charge in [0.25, 0.3) is 0 Å². The lowest BCUT2D eigenvalue weighted by Gasteiger charge is -2.17. The highest BCUT2D eigenvalue weighted by Gasteiger charge is 2.31. The van der Waals surface area contributed by atoms with Gasteiger partial charge in [-0.3, -0.25) is 10.1 Å². The number of carbonyl (C=O) groups excluding carboxylic acids is 2. The van der Waals surface area contributed by atoms with Gasteiger partial charge in [0.05, 0.1) is 17.4 Å². The Balaban J connectivity index is 1.26. The molecule has 10 heteroatoms. The standard InChI is InChI=1S/C21H28ClN3O5S/c22-17-8-6-15-16(20(17)30-13-14-4-5-14)7-9-18(15)24-31(28,29)11-3-1-2-10-25-12-19(26)23-21(25)27/h6,8,14,18,24H,1-5,7,9-13H2,(H,23,26,27)/t18-/m1/s1. The van der Waals surface area contributed by atoms with Crippen LogP contribution in [0.2, 0.25) is 5.02 Å². The number of urea groups is 1. The van der Waals surface area contributed by atoms with Crippen molar-refractivity contribution in [3.05, 3.63) is 28.3 Å². The monoisotopic (exact) mass is 469 g/mol. The number of nitrogens with zero attached hydrogens (tertiary/aromatic N) is 1. The number of imide groups is 1. The van der Waals surface area contributed by atoms with Crippen LogP contribution in [0.15, 0.2) is 12.1 Å². The van der Waals surface area contributed by atoms with Crippen molar-refractivity contribution in [2.45, 2.75) is 51.0 Å². The van der Waals surface area contributed by atoms with Crippen LogP contribution >= 0.6 is 11.6 Å². The molecule has 1 saturated carbocycles. The second-order valence-corrected chi connectivity index (χ2v) is 10.8. The van der Waals surface area contributed by atoms with Gasteiger partial charge in [-0.25, -0.2) is 17.9 Å². The Bertz CT molecular complexity index is 964. The lowest BCUT2D eigenvalue weighted by Crippen LogP contribution is -2.30. The minimum Gasteiger partial charge on any atom is -0.491 e. The molecule has 1 aromatic rings.